The Bertz CT molecular complexity index is 2820. The zero-order valence-electron chi connectivity index (χ0n) is 26.7. The van der Waals surface area contributed by atoms with Crippen LogP contribution in [0.2, 0.25) is 0 Å². The topological polar surface area (TPSA) is 51.8 Å². The van der Waals surface area contributed by atoms with E-state index in [1.807, 2.05) is 78.1 Å². The van der Waals surface area contributed by atoms with Crippen molar-refractivity contribution in [1.82, 2.24) is 15.0 Å². The molecule has 3 aromatic heterocycles. The molecular formula is C45H27N3OS. The second-order valence-electron chi connectivity index (χ2n) is 12.4. The maximum atomic E-state index is 6.57. The lowest BCUT2D eigenvalue weighted by atomic mass is 9.91. The number of benzene rings is 7. The number of aromatic nitrogens is 3. The maximum absolute atomic E-state index is 6.57. The van der Waals surface area contributed by atoms with Gasteiger partial charge < -0.3 is 4.42 Å². The molecule has 0 spiro atoms. The predicted molar refractivity (Wildman–Crippen MR) is 207 cm³/mol. The quantitative estimate of drug-likeness (QED) is 0.185. The molecule has 0 unspecified atom stereocenters. The lowest BCUT2D eigenvalue weighted by Crippen LogP contribution is -2.00. The molecule has 0 aliphatic carbocycles. The molecule has 0 saturated heterocycles. The van der Waals surface area contributed by atoms with Gasteiger partial charge in [0.05, 0.1) is 0 Å². The molecule has 10 aromatic rings. The van der Waals surface area contributed by atoms with Gasteiger partial charge in [0.25, 0.3) is 0 Å². The van der Waals surface area contributed by atoms with Gasteiger partial charge in [-0.05, 0) is 52.6 Å². The molecule has 234 valence electrons. The monoisotopic (exact) mass is 657 g/mol. The lowest BCUT2D eigenvalue weighted by Gasteiger charge is -2.12. The summed E-state index contributed by atoms with van der Waals surface area (Å²) in [6.07, 6.45) is 0. The van der Waals surface area contributed by atoms with E-state index in [9.17, 15) is 0 Å². The highest BCUT2D eigenvalue weighted by Gasteiger charge is 2.18. The van der Waals surface area contributed by atoms with Crippen LogP contribution in [0.3, 0.4) is 0 Å². The second-order valence-corrected chi connectivity index (χ2v) is 13.5. The minimum absolute atomic E-state index is 0.599. The number of fused-ring (bicyclic) bond motifs is 6. The van der Waals surface area contributed by atoms with E-state index in [1.165, 1.54) is 36.9 Å². The number of thiophene rings is 1. The Labute approximate surface area is 292 Å². The van der Waals surface area contributed by atoms with E-state index in [-0.39, 0.29) is 0 Å². The summed E-state index contributed by atoms with van der Waals surface area (Å²) in [6, 6.07) is 56.9. The third-order valence-electron chi connectivity index (χ3n) is 9.36. The van der Waals surface area contributed by atoms with Crippen molar-refractivity contribution < 1.29 is 4.42 Å². The Balaban J connectivity index is 1.11. The van der Waals surface area contributed by atoms with Crippen LogP contribution >= 0.6 is 11.3 Å². The van der Waals surface area contributed by atoms with Crippen LogP contribution in [0.4, 0.5) is 0 Å². The molecule has 10 rings (SSSR count). The number of furan rings is 1. The van der Waals surface area contributed by atoms with Crippen LogP contribution in [0.15, 0.2) is 168 Å². The molecule has 0 bridgehead atoms. The number of hydrogen-bond donors (Lipinski definition) is 0. The SMILES string of the molecule is c1ccc(-c2nc(-c3ccccc3)nc(-c3ccc4c(c3)oc3cccc(-c5ccccc5-c5ccc6c(c5)sc5ccccc56)c34)n2)cc1. The fourth-order valence-electron chi connectivity index (χ4n) is 6.99. The molecule has 0 radical (unpaired) electrons. The van der Waals surface area contributed by atoms with Crippen molar-refractivity contribution in [2.24, 2.45) is 0 Å². The largest absolute Gasteiger partial charge is 0.456 e. The fourth-order valence-corrected chi connectivity index (χ4v) is 8.14. The average Bonchev–Trinajstić information content (AvgIpc) is 3.76. The number of nitrogens with zero attached hydrogens (tertiary/aromatic N) is 3. The average molecular weight is 658 g/mol. The predicted octanol–water partition coefficient (Wildman–Crippen LogP) is 12.5. The van der Waals surface area contributed by atoms with Gasteiger partial charge in [0, 0.05) is 47.6 Å². The smallest absolute Gasteiger partial charge is 0.164 e. The normalized spacial score (nSPS) is 11.6. The van der Waals surface area contributed by atoms with Crippen LogP contribution in [0, 0.1) is 0 Å². The molecule has 0 amide bonds. The van der Waals surface area contributed by atoms with Crippen molar-refractivity contribution in [2.75, 3.05) is 0 Å². The molecule has 7 aromatic carbocycles. The first-order chi connectivity index (χ1) is 24.8. The molecule has 5 heteroatoms. The third-order valence-corrected chi connectivity index (χ3v) is 10.5. The van der Waals surface area contributed by atoms with Crippen LogP contribution in [-0.2, 0) is 0 Å². The minimum Gasteiger partial charge on any atom is -0.456 e. The molecular weight excluding hydrogens is 631 g/mol. The van der Waals surface area contributed by atoms with Crippen molar-refractivity contribution in [3.63, 3.8) is 0 Å². The minimum atomic E-state index is 0.599. The van der Waals surface area contributed by atoms with E-state index in [4.69, 9.17) is 19.4 Å². The van der Waals surface area contributed by atoms with Gasteiger partial charge in [-0.1, -0.05) is 133 Å². The first-order valence-electron chi connectivity index (χ1n) is 16.6. The lowest BCUT2D eigenvalue weighted by molar-refractivity contribution is 0.669. The van der Waals surface area contributed by atoms with Gasteiger partial charge in [-0.3, -0.25) is 0 Å². The molecule has 0 saturated carbocycles. The Hall–Kier alpha value is -6.43. The summed E-state index contributed by atoms with van der Waals surface area (Å²) >= 11 is 1.85. The third kappa shape index (κ3) is 4.79. The standard InChI is InChI=1S/C45H27N3OS/c1-3-12-28(13-4-1)43-46-44(29-14-5-2-6-15-29)48-45(47-43)31-23-25-37-39(26-31)49-38-20-11-19-36(42(37)38)33-17-8-7-16-32(33)30-22-24-35-34-18-9-10-21-40(34)50-41(35)27-30/h1-27H. The molecule has 0 atom stereocenters. The van der Waals surface area contributed by atoms with Crippen molar-refractivity contribution in [3.8, 4) is 56.4 Å². The van der Waals surface area contributed by atoms with Crippen molar-refractivity contribution in [1.29, 1.82) is 0 Å². The van der Waals surface area contributed by atoms with Crippen LogP contribution in [0.25, 0.3) is 98.5 Å². The zero-order valence-corrected chi connectivity index (χ0v) is 27.6. The Morgan fingerprint density at radius 1 is 0.360 bits per heavy atom. The summed E-state index contributed by atoms with van der Waals surface area (Å²) in [5, 5.41) is 4.76. The van der Waals surface area contributed by atoms with E-state index in [1.54, 1.807) is 0 Å². The van der Waals surface area contributed by atoms with Crippen LogP contribution in [0.1, 0.15) is 0 Å². The molecule has 0 N–H and O–H groups in total. The fraction of sp³-hybridized carbons (Fsp3) is 0. The molecule has 0 aliphatic rings. The Kier molecular flexibility index (Phi) is 6.64. The van der Waals surface area contributed by atoms with Crippen molar-refractivity contribution >= 4 is 53.4 Å². The summed E-state index contributed by atoms with van der Waals surface area (Å²) < 4.78 is 9.18. The summed E-state index contributed by atoms with van der Waals surface area (Å²) in [6.45, 7) is 0. The number of rotatable bonds is 5. The summed E-state index contributed by atoms with van der Waals surface area (Å²) in [4.78, 5) is 14.7. The summed E-state index contributed by atoms with van der Waals surface area (Å²) in [5.74, 6) is 1.86. The molecule has 50 heavy (non-hydrogen) atoms. The van der Waals surface area contributed by atoms with E-state index in [0.717, 1.165) is 44.2 Å². The maximum Gasteiger partial charge on any atom is 0.164 e. The molecule has 0 aliphatic heterocycles. The zero-order chi connectivity index (χ0) is 33.0. The van der Waals surface area contributed by atoms with Crippen LogP contribution < -0.4 is 0 Å². The highest BCUT2D eigenvalue weighted by molar-refractivity contribution is 7.25. The van der Waals surface area contributed by atoms with Gasteiger partial charge in [-0.15, -0.1) is 11.3 Å². The highest BCUT2D eigenvalue weighted by atomic mass is 32.1. The van der Waals surface area contributed by atoms with Gasteiger partial charge in [-0.2, -0.15) is 0 Å². The van der Waals surface area contributed by atoms with E-state index in [2.05, 4.69) is 97.1 Å². The summed E-state index contributed by atoms with van der Waals surface area (Å²) in [7, 11) is 0. The van der Waals surface area contributed by atoms with E-state index < -0.39 is 0 Å². The van der Waals surface area contributed by atoms with Gasteiger partial charge in [-0.25, -0.2) is 15.0 Å². The van der Waals surface area contributed by atoms with Gasteiger partial charge in [0.15, 0.2) is 17.5 Å². The van der Waals surface area contributed by atoms with Gasteiger partial charge >= 0.3 is 0 Å². The van der Waals surface area contributed by atoms with E-state index >= 15 is 0 Å². The van der Waals surface area contributed by atoms with Crippen molar-refractivity contribution in [2.45, 2.75) is 0 Å². The second kappa shape index (κ2) is 11.6. The first kappa shape index (κ1) is 28.6. The molecule has 0 fully saturated rings. The van der Waals surface area contributed by atoms with Gasteiger partial charge in [0.2, 0.25) is 0 Å². The Morgan fingerprint density at radius 2 is 0.940 bits per heavy atom. The van der Waals surface area contributed by atoms with Crippen LogP contribution in [-0.4, -0.2) is 15.0 Å². The first-order valence-corrected chi connectivity index (χ1v) is 17.4. The van der Waals surface area contributed by atoms with E-state index in [0.29, 0.717) is 17.5 Å². The highest BCUT2D eigenvalue weighted by Crippen LogP contribution is 2.43. The van der Waals surface area contributed by atoms with Crippen molar-refractivity contribution in [3.05, 3.63) is 164 Å². The molecule has 4 nitrogen and oxygen atoms in total. The number of hydrogen-bond acceptors (Lipinski definition) is 5. The van der Waals surface area contributed by atoms with Crippen LogP contribution in [0.5, 0.6) is 0 Å². The summed E-state index contributed by atoms with van der Waals surface area (Å²) in [5.41, 5.74) is 9.07. The molecule has 3 heterocycles. The van der Waals surface area contributed by atoms with Gasteiger partial charge in [0.1, 0.15) is 11.2 Å². The Morgan fingerprint density at radius 3 is 1.70 bits per heavy atom.